The largest absolute Gasteiger partial charge is 0.369 e. The lowest BCUT2D eigenvalue weighted by Gasteiger charge is -2.32. The Bertz CT molecular complexity index is 212. The van der Waals surface area contributed by atoms with E-state index in [9.17, 15) is 4.79 Å². The molecule has 1 unspecified atom stereocenters. The average Bonchev–Trinajstić information content (AvgIpc) is 2.28. The monoisotopic (exact) mass is 227 g/mol. The first-order chi connectivity index (χ1) is 7.63. The third kappa shape index (κ3) is 4.49. The average molecular weight is 227 g/mol. The number of carbonyl (C=O) groups excluding carboxylic acids is 1. The lowest BCUT2D eigenvalue weighted by Crippen LogP contribution is -2.44. The summed E-state index contributed by atoms with van der Waals surface area (Å²) in [7, 11) is 0. The summed E-state index contributed by atoms with van der Waals surface area (Å²) >= 11 is 0. The van der Waals surface area contributed by atoms with Gasteiger partial charge in [0.1, 0.15) is 0 Å². The summed E-state index contributed by atoms with van der Waals surface area (Å²) in [5, 5.41) is 3.44. The highest BCUT2D eigenvalue weighted by molar-refractivity contribution is 5.76. The minimum Gasteiger partial charge on any atom is -0.369 e. The van der Waals surface area contributed by atoms with Crippen LogP contribution in [0.5, 0.6) is 0 Å². The molecule has 1 aliphatic rings. The van der Waals surface area contributed by atoms with Crippen LogP contribution in [0.4, 0.5) is 0 Å². The summed E-state index contributed by atoms with van der Waals surface area (Å²) < 4.78 is 0. The van der Waals surface area contributed by atoms with E-state index in [0.29, 0.717) is 12.6 Å². The zero-order chi connectivity index (χ0) is 12.0. The lowest BCUT2D eigenvalue weighted by molar-refractivity contribution is -0.121. The zero-order valence-electron chi connectivity index (χ0n) is 10.5. The third-order valence-electron chi connectivity index (χ3n) is 3.33. The number of hydrogen-bond donors (Lipinski definition) is 2. The summed E-state index contributed by atoms with van der Waals surface area (Å²) in [6.07, 6.45) is 3.60. The summed E-state index contributed by atoms with van der Waals surface area (Å²) in [5.41, 5.74) is 5.23. The quantitative estimate of drug-likeness (QED) is 0.697. The molecule has 94 valence electrons. The van der Waals surface area contributed by atoms with Crippen molar-refractivity contribution >= 4 is 5.91 Å². The number of rotatable bonds is 6. The van der Waals surface area contributed by atoms with E-state index < -0.39 is 0 Å². The van der Waals surface area contributed by atoms with E-state index in [1.54, 1.807) is 0 Å². The van der Waals surface area contributed by atoms with E-state index in [4.69, 9.17) is 5.73 Å². The van der Waals surface area contributed by atoms with Crippen molar-refractivity contribution in [2.75, 3.05) is 26.2 Å². The number of amides is 1. The van der Waals surface area contributed by atoms with Crippen molar-refractivity contribution in [2.24, 2.45) is 11.7 Å². The number of hydrogen-bond acceptors (Lipinski definition) is 3. The highest BCUT2D eigenvalue weighted by Crippen LogP contribution is 2.10. The Kier molecular flexibility index (Phi) is 5.77. The maximum absolute atomic E-state index is 10.9. The Hall–Kier alpha value is -0.610. The molecule has 0 aromatic heterocycles. The SMILES string of the molecule is CCCN1CCC(NCC(C)C(N)=O)CC1. The predicted molar refractivity (Wildman–Crippen MR) is 66.1 cm³/mol. The first-order valence-corrected chi connectivity index (χ1v) is 6.38. The number of nitrogens with one attached hydrogen (secondary N) is 1. The second-order valence-electron chi connectivity index (χ2n) is 4.83. The van der Waals surface area contributed by atoms with E-state index in [1.807, 2.05) is 6.92 Å². The molecule has 16 heavy (non-hydrogen) atoms. The zero-order valence-corrected chi connectivity index (χ0v) is 10.5. The summed E-state index contributed by atoms with van der Waals surface area (Å²) in [6.45, 7) is 8.38. The van der Waals surface area contributed by atoms with Crippen molar-refractivity contribution in [1.29, 1.82) is 0 Å². The first kappa shape index (κ1) is 13.5. The molecule has 0 radical (unpaired) electrons. The molecule has 1 atom stereocenters. The van der Waals surface area contributed by atoms with Gasteiger partial charge in [-0.2, -0.15) is 0 Å². The molecule has 4 heteroatoms. The minimum absolute atomic E-state index is 0.0614. The molecule has 0 aromatic rings. The molecule has 1 saturated heterocycles. The fraction of sp³-hybridized carbons (Fsp3) is 0.917. The molecule has 1 heterocycles. The van der Waals surface area contributed by atoms with E-state index >= 15 is 0 Å². The molecule has 0 spiro atoms. The van der Waals surface area contributed by atoms with Crippen LogP contribution in [0, 0.1) is 5.92 Å². The number of piperidine rings is 1. The summed E-state index contributed by atoms with van der Waals surface area (Å²) in [6, 6.07) is 0.565. The molecule has 0 saturated carbocycles. The molecule has 0 aliphatic carbocycles. The maximum atomic E-state index is 10.9. The van der Waals surface area contributed by atoms with Gasteiger partial charge in [0.2, 0.25) is 5.91 Å². The van der Waals surface area contributed by atoms with Crippen LogP contribution in [0.2, 0.25) is 0 Å². The summed E-state index contributed by atoms with van der Waals surface area (Å²) in [5.74, 6) is -0.274. The van der Waals surface area contributed by atoms with Crippen LogP contribution in [0.15, 0.2) is 0 Å². The van der Waals surface area contributed by atoms with Gasteiger partial charge in [-0.05, 0) is 38.9 Å². The second-order valence-corrected chi connectivity index (χ2v) is 4.83. The predicted octanol–water partition coefficient (Wildman–Crippen LogP) is 0.572. The van der Waals surface area contributed by atoms with Crippen LogP contribution < -0.4 is 11.1 Å². The van der Waals surface area contributed by atoms with E-state index in [-0.39, 0.29) is 11.8 Å². The Balaban J connectivity index is 2.14. The summed E-state index contributed by atoms with van der Waals surface area (Å²) in [4.78, 5) is 13.4. The Morgan fingerprint density at radius 1 is 1.50 bits per heavy atom. The second kappa shape index (κ2) is 6.86. The van der Waals surface area contributed by atoms with Crippen molar-refractivity contribution in [3.8, 4) is 0 Å². The fourth-order valence-electron chi connectivity index (χ4n) is 2.12. The van der Waals surface area contributed by atoms with Crippen molar-refractivity contribution in [1.82, 2.24) is 10.2 Å². The molecule has 1 fully saturated rings. The lowest BCUT2D eigenvalue weighted by atomic mass is 10.0. The fourth-order valence-corrected chi connectivity index (χ4v) is 2.12. The van der Waals surface area contributed by atoms with Crippen LogP contribution >= 0.6 is 0 Å². The molecule has 4 nitrogen and oxygen atoms in total. The van der Waals surface area contributed by atoms with Crippen molar-refractivity contribution < 1.29 is 4.79 Å². The minimum atomic E-state index is -0.212. The highest BCUT2D eigenvalue weighted by atomic mass is 16.1. The van der Waals surface area contributed by atoms with Crippen LogP contribution in [-0.4, -0.2) is 43.0 Å². The van der Waals surface area contributed by atoms with Gasteiger partial charge in [-0.3, -0.25) is 4.79 Å². The first-order valence-electron chi connectivity index (χ1n) is 6.38. The van der Waals surface area contributed by atoms with Gasteiger partial charge in [0.05, 0.1) is 0 Å². The Morgan fingerprint density at radius 3 is 2.62 bits per heavy atom. The number of carbonyl (C=O) groups is 1. The van der Waals surface area contributed by atoms with Crippen LogP contribution in [0.25, 0.3) is 0 Å². The number of likely N-dealkylation sites (tertiary alicyclic amines) is 1. The van der Waals surface area contributed by atoms with Crippen LogP contribution in [-0.2, 0) is 4.79 Å². The van der Waals surface area contributed by atoms with Crippen LogP contribution in [0.3, 0.4) is 0 Å². The van der Waals surface area contributed by atoms with Gasteiger partial charge in [0.25, 0.3) is 0 Å². The topological polar surface area (TPSA) is 58.4 Å². The maximum Gasteiger partial charge on any atom is 0.221 e. The van der Waals surface area contributed by atoms with E-state index in [0.717, 1.165) is 0 Å². The van der Waals surface area contributed by atoms with Crippen LogP contribution in [0.1, 0.15) is 33.1 Å². The number of primary amides is 1. The number of nitrogens with two attached hydrogens (primary N) is 1. The molecular weight excluding hydrogens is 202 g/mol. The van der Waals surface area contributed by atoms with Gasteiger partial charge in [-0.1, -0.05) is 13.8 Å². The highest BCUT2D eigenvalue weighted by Gasteiger charge is 2.19. The van der Waals surface area contributed by atoms with Gasteiger partial charge < -0.3 is 16.0 Å². The molecule has 1 rings (SSSR count). The Labute approximate surface area is 98.6 Å². The smallest absolute Gasteiger partial charge is 0.221 e. The molecule has 1 aliphatic heterocycles. The molecule has 1 amide bonds. The van der Waals surface area contributed by atoms with Gasteiger partial charge in [-0.25, -0.2) is 0 Å². The van der Waals surface area contributed by atoms with E-state index in [2.05, 4.69) is 17.1 Å². The normalized spacial score (nSPS) is 20.9. The molecule has 3 N–H and O–H groups in total. The molecule has 0 aromatic carbocycles. The standard InChI is InChI=1S/C12H25N3O/c1-3-6-15-7-4-11(5-8-15)14-9-10(2)12(13)16/h10-11,14H,3-9H2,1-2H3,(H2,13,16). The Morgan fingerprint density at radius 2 is 2.12 bits per heavy atom. The van der Waals surface area contributed by atoms with Crippen molar-refractivity contribution in [2.45, 2.75) is 39.2 Å². The van der Waals surface area contributed by atoms with Gasteiger partial charge in [0, 0.05) is 18.5 Å². The van der Waals surface area contributed by atoms with Crippen molar-refractivity contribution in [3.05, 3.63) is 0 Å². The van der Waals surface area contributed by atoms with Crippen molar-refractivity contribution in [3.63, 3.8) is 0 Å². The molecular formula is C12H25N3O. The van der Waals surface area contributed by atoms with Gasteiger partial charge >= 0.3 is 0 Å². The van der Waals surface area contributed by atoms with E-state index in [1.165, 1.54) is 38.9 Å². The number of nitrogens with zero attached hydrogens (tertiary/aromatic N) is 1. The van der Waals surface area contributed by atoms with Gasteiger partial charge in [-0.15, -0.1) is 0 Å². The molecule has 0 bridgehead atoms. The third-order valence-corrected chi connectivity index (χ3v) is 3.33. The van der Waals surface area contributed by atoms with Gasteiger partial charge in [0.15, 0.2) is 0 Å².